The summed E-state index contributed by atoms with van der Waals surface area (Å²) >= 11 is 1.51. The summed E-state index contributed by atoms with van der Waals surface area (Å²) < 4.78 is 6.66. The van der Waals surface area contributed by atoms with Crippen LogP contribution in [-0.4, -0.2) is 26.6 Å². The van der Waals surface area contributed by atoms with Crippen molar-refractivity contribution < 1.29 is 4.74 Å². The molecule has 0 saturated heterocycles. The van der Waals surface area contributed by atoms with Gasteiger partial charge in [0.05, 0.1) is 19.0 Å². The molecule has 0 aliphatic heterocycles. The highest BCUT2D eigenvalue weighted by Crippen LogP contribution is 2.29. The van der Waals surface area contributed by atoms with Gasteiger partial charge in [-0.3, -0.25) is 4.79 Å². The maximum Gasteiger partial charge on any atom is 0.277 e. The van der Waals surface area contributed by atoms with Crippen LogP contribution < -0.4 is 10.3 Å². The van der Waals surface area contributed by atoms with E-state index < -0.39 is 0 Å². The van der Waals surface area contributed by atoms with Gasteiger partial charge >= 0.3 is 0 Å². The summed E-state index contributed by atoms with van der Waals surface area (Å²) in [5, 5.41) is 0.631. The first kappa shape index (κ1) is 13.4. The minimum Gasteiger partial charge on any atom is -0.481 e. The van der Waals surface area contributed by atoms with Gasteiger partial charge in [-0.05, 0) is 31.7 Å². The normalized spacial score (nSPS) is 14.0. The van der Waals surface area contributed by atoms with Crippen molar-refractivity contribution in [3.05, 3.63) is 45.7 Å². The lowest BCUT2D eigenvalue weighted by molar-refractivity contribution is 0.399. The zero-order valence-electron chi connectivity index (χ0n) is 11.9. The summed E-state index contributed by atoms with van der Waals surface area (Å²) in [6.45, 7) is 0. The lowest BCUT2D eigenvalue weighted by atomic mass is 10.0. The van der Waals surface area contributed by atoms with Crippen molar-refractivity contribution in [1.82, 2.24) is 19.5 Å². The molecular weight excluding hydrogens is 300 g/mol. The molecule has 0 bridgehead atoms. The van der Waals surface area contributed by atoms with E-state index in [1.807, 2.05) is 0 Å². The van der Waals surface area contributed by atoms with Crippen molar-refractivity contribution >= 4 is 22.5 Å². The Hall–Kier alpha value is -2.28. The summed E-state index contributed by atoms with van der Waals surface area (Å²) in [5.74, 6) is 0.441. The average Bonchev–Trinajstić information content (AvgIpc) is 2.97. The van der Waals surface area contributed by atoms with Gasteiger partial charge in [0.1, 0.15) is 5.52 Å². The second-order valence-electron chi connectivity index (χ2n) is 4.92. The van der Waals surface area contributed by atoms with E-state index in [1.54, 1.807) is 19.2 Å². The topological polar surface area (TPSA) is 69.9 Å². The van der Waals surface area contributed by atoms with Crippen molar-refractivity contribution in [1.29, 1.82) is 0 Å². The van der Waals surface area contributed by atoms with Crippen molar-refractivity contribution in [3.8, 4) is 11.0 Å². The molecule has 22 heavy (non-hydrogen) atoms. The predicted octanol–water partition coefficient (Wildman–Crippen LogP) is 1.82. The van der Waals surface area contributed by atoms with Crippen LogP contribution in [0.5, 0.6) is 5.88 Å². The SMILES string of the molecule is COc1ccc2ncc(=O)n(-c3nc4c(s3)C[C]CC4)c2n1. The number of thiazole rings is 1. The Labute approximate surface area is 130 Å². The Morgan fingerprint density at radius 2 is 2.27 bits per heavy atom. The van der Waals surface area contributed by atoms with E-state index in [0.29, 0.717) is 22.2 Å². The smallest absolute Gasteiger partial charge is 0.277 e. The van der Waals surface area contributed by atoms with Crippen molar-refractivity contribution in [2.45, 2.75) is 19.3 Å². The third kappa shape index (κ3) is 2.09. The molecule has 3 heterocycles. The first-order valence-corrected chi connectivity index (χ1v) is 7.70. The number of methoxy groups -OCH3 is 1. The number of hydrogen-bond acceptors (Lipinski definition) is 6. The van der Waals surface area contributed by atoms with Gasteiger partial charge in [0, 0.05) is 10.9 Å². The van der Waals surface area contributed by atoms with Crippen LogP contribution in [0.4, 0.5) is 0 Å². The molecule has 0 fully saturated rings. The molecule has 0 unspecified atom stereocenters. The Kier molecular flexibility index (Phi) is 3.15. The van der Waals surface area contributed by atoms with Crippen molar-refractivity contribution in [2.75, 3.05) is 7.11 Å². The molecule has 0 atom stereocenters. The molecule has 3 aromatic heterocycles. The van der Waals surface area contributed by atoms with E-state index in [2.05, 4.69) is 21.4 Å². The number of aromatic nitrogens is 4. The predicted molar refractivity (Wildman–Crippen MR) is 82.6 cm³/mol. The van der Waals surface area contributed by atoms with E-state index in [1.165, 1.54) is 27.0 Å². The van der Waals surface area contributed by atoms with Gasteiger partial charge in [0.25, 0.3) is 5.56 Å². The van der Waals surface area contributed by atoms with Crippen LogP contribution in [0.2, 0.25) is 0 Å². The monoisotopic (exact) mass is 312 g/mol. The van der Waals surface area contributed by atoms with Crippen LogP contribution in [-0.2, 0) is 12.8 Å². The number of pyridine rings is 1. The third-order valence-electron chi connectivity index (χ3n) is 3.57. The molecule has 1 aliphatic rings. The highest BCUT2D eigenvalue weighted by molar-refractivity contribution is 7.14. The fourth-order valence-electron chi connectivity index (χ4n) is 2.48. The first-order chi connectivity index (χ1) is 10.8. The van der Waals surface area contributed by atoms with Crippen molar-refractivity contribution in [3.63, 3.8) is 0 Å². The van der Waals surface area contributed by atoms with Crippen LogP contribution in [0.15, 0.2) is 23.1 Å². The van der Waals surface area contributed by atoms with Crippen LogP contribution in [0.25, 0.3) is 16.3 Å². The zero-order chi connectivity index (χ0) is 15.1. The maximum absolute atomic E-state index is 12.3. The molecule has 7 heteroatoms. The molecule has 6 nitrogen and oxygen atoms in total. The minimum absolute atomic E-state index is 0.243. The number of aryl methyl sites for hydroxylation is 1. The van der Waals surface area contributed by atoms with Crippen molar-refractivity contribution in [2.24, 2.45) is 0 Å². The largest absolute Gasteiger partial charge is 0.481 e. The Bertz CT molecular complexity index is 892. The van der Waals surface area contributed by atoms with Crippen LogP contribution >= 0.6 is 11.3 Å². The third-order valence-corrected chi connectivity index (χ3v) is 4.65. The number of fused-ring (bicyclic) bond motifs is 2. The van der Waals surface area contributed by atoms with Gasteiger partial charge < -0.3 is 4.74 Å². The standard InChI is InChI=1S/C15H12N4O2S/c1-21-12-7-6-10-14(18-12)19(13(20)8-16-10)15-17-9-4-2-3-5-11(9)22-15/h6-8H,2,4-5H2,1H3. The molecule has 1 aliphatic carbocycles. The highest BCUT2D eigenvalue weighted by atomic mass is 32.1. The second-order valence-corrected chi connectivity index (χ2v) is 5.98. The summed E-state index contributed by atoms with van der Waals surface area (Å²) in [5.41, 5.74) is 1.91. The molecule has 4 rings (SSSR count). The summed E-state index contributed by atoms with van der Waals surface area (Å²) in [6.07, 6.45) is 7.19. The number of rotatable bonds is 2. The lowest BCUT2D eigenvalue weighted by Crippen LogP contribution is -2.19. The minimum atomic E-state index is -0.243. The maximum atomic E-state index is 12.3. The summed E-state index contributed by atoms with van der Waals surface area (Å²) in [6, 6.07) is 3.51. The average molecular weight is 312 g/mol. The Balaban J connectivity index is 1.98. The fourth-order valence-corrected chi connectivity index (χ4v) is 3.57. The molecule has 0 spiro atoms. The Morgan fingerprint density at radius 1 is 1.36 bits per heavy atom. The molecule has 2 radical (unpaired) electrons. The number of ether oxygens (including phenoxy) is 1. The van der Waals surface area contributed by atoms with Crippen LogP contribution in [0.3, 0.4) is 0 Å². The van der Waals surface area contributed by atoms with Gasteiger partial charge in [-0.15, -0.1) is 11.3 Å². The lowest BCUT2D eigenvalue weighted by Gasteiger charge is -2.06. The molecule has 0 saturated carbocycles. The van der Waals surface area contributed by atoms with Gasteiger partial charge in [-0.2, -0.15) is 4.98 Å². The zero-order valence-corrected chi connectivity index (χ0v) is 12.7. The van der Waals surface area contributed by atoms with E-state index >= 15 is 0 Å². The molecule has 0 aromatic carbocycles. The van der Waals surface area contributed by atoms with Crippen LogP contribution in [0, 0.1) is 6.42 Å². The molecule has 0 amide bonds. The quantitative estimate of drug-likeness (QED) is 0.722. The molecular formula is C15H12N4O2S. The molecule has 110 valence electrons. The first-order valence-electron chi connectivity index (χ1n) is 6.89. The van der Waals surface area contributed by atoms with Gasteiger partial charge in [0.2, 0.25) is 5.88 Å². The molecule has 3 aromatic rings. The Morgan fingerprint density at radius 3 is 3.09 bits per heavy atom. The second kappa shape index (κ2) is 5.17. The van der Waals surface area contributed by atoms with E-state index in [9.17, 15) is 4.79 Å². The van der Waals surface area contributed by atoms with E-state index in [0.717, 1.165) is 25.0 Å². The van der Waals surface area contributed by atoms with Gasteiger partial charge in [0.15, 0.2) is 10.8 Å². The van der Waals surface area contributed by atoms with Gasteiger partial charge in [-0.25, -0.2) is 14.5 Å². The van der Waals surface area contributed by atoms with Crippen LogP contribution in [0.1, 0.15) is 17.0 Å². The van der Waals surface area contributed by atoms with Gasteiger partial charge in [-0.1, -0.05) is 0 Å². The highest BCUT2D eigenvalue weighted by Gasteiger charge is 2.19. The molecule has 0 N–H and O–H groups in total. The summed E-state index contributed by atoms with van der Waals surface area (Å²) in [4.78, 5) is 26.6. The fraction of sp³-hybridized carbons (Fsp3) is 0.267. The number of nitrogens with zero attached hydrogens (tertiary/aromatic N) is 4. The van der Waals surface area contributed by atoms with E-state index in [4.69, 9.17) is 4.74 Å². The number of hydrogen-bond donors (Lipinski definition) is 0. The van der Waals surface area contributed by atoms with E-state index in [-0.39, 0.29) is 5.56 Å². The summed E-state index contributed by atoms with van der Waals surface area (Å²) in [7, 11) is 1.54.